The highest BCUT2D eigenvalue weighted by atomic mass is 16.5. The second-order valence-corrected chi connectivity index (χ2v) is 9.10. The molecule has 2 saturated heterocycles. The summed E-state index contributed by atoms with van der Waals surface area (Å²) >= 11 is 0. The Morgan fingerprint density at radius 3 is 2.62 bits per heavy atom. The molecule has 34 heavy (non-hydrogen) atoms. The van der Waals surface area contributed by atoms with Crippen molar-refractivity contribution in [3.63, 3.8) is 0 Å². The van der Waals surface area contributed by atoms with Crippen LogP contribution in [0.15, 0.2) is 24.3 Å². The molecule has 9 nitrogen and oxygen atoms in total. The number of nitrogens with one attached hydrogen (secondary N) is 2. The van der Waals surface area contributed by atoms with Crippen LogP contribution in [0.5, 0.6) is 0 Å². The summed E-state index contributed by atoms with van der Waals surface area (Å²) in [6.07, 6.45) is 1.96. The van der Waals surface area contributed by atoms with Crippen molar-refractivity contribution in [2.24, 2.45) is 0 Å². The van der Waals surface area contributed by atoms with E-state index < -0.39 is 0 Å². The Morgan fingerprint density at radius 2 is 1.91 bits per heavy atom. The van der Waals surface area contributed by atoms with Crippen LogP contribution in [-0.4, -0.2) is 79.0 Å². The standard InChI is InChI=1S/C25H34N6O3/c1-3-19-14-33-12-11-31(19)24-21-9-10-30(20-15-34-16-20)13-22(21)28-23(29-24)17-5-7-18(8-6-17)27-25(32)26-4-2/h5-8,19-20H,3-4,9-16H2,1-2H3,(H2,26,27,32)/t19-/m0/s1. The average Bonchev–Trinajstić information content (AvgIpc) is 2.83. The lowest BCUT2D eigenvalue weighted by molar-refractivity contribution is -0.0699. The number of morpholine rings is 1. The maximum absolute atomic E-state index is 11.8. The molecule has 2 amide bonds. The molecule has 1 atom stereocenters. The van der Waals surface area contributed by atoms with Gasteiger partial charge in [0.05, 0.1) is 44.2 Å². The van der Waals surface area contributed by atoms with E-state index in [0.717, 1.165) is 87.5 Å². The summed E-state index contributed by atoms with van der Waals surface area (Å²) < 4.78 is 11.2. The van der Waals surface area contributed by atoms with Gasteiger partial charge in [0.25, 0.3) is 0 Å². The van der Waals surface area contributed by atoms with Crippen molar-refractivity contribution < 1.29 is 14.3 Å². The number of amides is 2. The first-order valence-corrected chi connectivity index (χ1v) is 12.4. The number of urea groups is 1. The molecule has 2 fully saturated rings. The van der Waals surface area contributed by atoms with Gasteiger partial charge in [0.2, 0.25) is 0 Å². The van der Waals surface area contributed by atoms with E-state index in [9.17, 15) is 4.79 Å². The predicted octanol–water partition coefficient (Wildman–Crippen LogP) is 2.66. The smallest absolute Gasteiger partial charge is 0.319 e. The van der Waals surface area contributed by atoms with E-state index in [1.165, 1.54) is 5.56 Å². The lowest BCUT2D eigenvalue weighted by atomic mass is 10.0. The fourth-order valence-electron chi connectivity index (χ4n) is 4.85. The molecular weight excluding hydrogens is 432 g/mol. The van der Waals surface area contributed by atoms with Crippen LogP contribution >= 0.6 is 0 Å². The first kappa shape index (κ1) is 23.0. The Kier molecular flexibility index (Phi) is 6.94. The summed E-state index contributed by atoms with van der Waals surface area (Å²) in [6.45, 7) is 10.4. The lowest BCUT2D eigenvalue weighted by Gasteiger charge is -2.42. The number of benzene rings is 1. The van der Waals surface area contributed by atoms with E-state index >= 15 is 0 Å². The SMILES string of the molecule is CCNC(=O)Nc1ccc(-c2nc3c(c(N4CCOC[C@@H]4CC)n2)CCN(C2COC2)C3)cc1. The van der Waals surface area contributed by atoms with E-state index in [4.69, 9.17) is 19.4 Å². The number of hydrogen-bond acceptors (Lipinski definition) is 7. The minimum atomic E-state index is -0.208. The van der Waals surface area contributed by atoms with Crippen LogP contribution in [-0.2, 0) is 22.4 Å². The third kappa shape index (κ3) is 4.73. The third-order valence-corrected chi connectivity index (χ3v) is 6.92. The summed E-state index contributed by atoms with van der Waals surface area (Å²) in [5.41, 5.74) is 4.07. The minimum absolute atomic E-state index is 0.208. The van der Waals surface area contributed by atoms with Crippen LogP contribution in [0.1, 0.15) is 31.5 Å². The number of ether oxygens (including phenoxy) is 2. The molecule has 2 aromatic rings. The van der Waals surface area contributed by atoms with Gasteiger partial charge in [-0.1, -0.05) is 6.92 Å². The summed E-state index contributed by atoms with van der Waals surface area (Å²) in [5.74, 6) is 1.79. The second-order valence-electron chi connectivity index (χ2n) is 9.10. The highest BCUT2D eigenvalue weighted by molar-refractivity contribution is 5.89. The van der Waals surface area contributed by atoms with Crippen LogP contribution in [0.4, 0.5) is 16.3 Å². The molecule has 3 aliphatic heterocycles. The van der Waals surface area contributed by atoms with Gasteiger partial charge in [0, 0.05) is 43.0 Å². The summed E-state index contributed by atoms with van der Waals surface area (Å²) in [5, 5.41) is 5.59. The van der Waals surface area contributed by atoms with Gasteiger partial charge >= 0.3 is 6.03 Å². The molecule has 182 valence electrons. The number of carbonyl (C=O) groups excluding carboxylic acids is 1. The first-order chi connectivity index (χ1) is 16.7. The first-order valence-electron chi connectivity index (χ1n) is 12.4. The molecule has 5 rings (SSSR count). The van der Waals surface area contributed by atoms with Crippen molar-refractivity contribution in [3.05, 3.63) is 35.5 Å². The van der Waals surface area contributed by atoms with Gasteiger partial charge in [-0.3, -0.25) is 4.90 Å². The zero-order valence-electron chi connectivity index (χ0n) is 20.0. The van der Waals surface area contributed by atoms with Gasteiger partial charge in [-0.25, -0.2) is 14.8 Å². The number of carbonyl (C=O) groups is 1. The maximum Gasteiger partial charge on any atom is 0.319 e. The van der Waals surface area contributed by atoms with E-state index in [1.54, 1.807) is 0 Å². The zero-order valence-corrected chi connectivity index (χ0v) is 20.0. The Bertz CT molecular complexity index is 1010. The normalized spacial score (nSPS) is 21.0. The van der Waals surface area contributed by atoms with Gasteiger partial charge in [-0.15, -0.1) is 0 Å². The van der Waals surface area contributed by atoms with Gasteiger partial charge in [-0.05, 0) is 44.0 Å². The topological polar surface area (TPSA) is 91.9 Å². The highest BCUT2D eigenvalue weighted by Gasteiger charge is 2.33. The maximum atomic E-state index is 11.8. The van der Waals surface area contributed by atoms with Crippen molar-refractivity contribution in [1.82, 2.24) is 20.2 Å². The quantitative estimate of drug-likeness (QED) is 0.676. The molecule has 0 spiro atoms. The lowest BCUT2D eigenvalue weighted by Crippen LogP contribution is -2.51. The van der Waals surface area contributed by atoms with E-state index in [0.29, 0.717) is 18.6 Å². The van der Waals surface area contributed by atoms with Crippen molar-refractivity contribution >= 4 is 17.5 Å². The molecule has 4 heterocycles. The Labute approximate surface area is 200 Å². The van der Waals surface area contributed by atoms with Gasteiger partial charge in [-0.2, -0.15) is 0 Å². The predicted molar refractivity (Wildman–Crippen MR) is 131 cm³/mol. The number of rotatable bonds is 6. The number of aromatic nitrogens is 2. The number of hydrogen-bond donors (Lipinski definition) is 2. The number of fused-ring (bicyclic) bond motifs is 1. The molecule has 1 aromatic carbocycles. The molecule has 3 aliphatic rings. The number of anilines is 2. The van der Waals surface area contributed by atoms with Crippen molar-refractivity contribution in [3.8, 4) is 11.4 Å². The van der Waals surface area contributed by atoms with Crippen LogP contribution in [0.2, 0.25) is 0 Å². The Hall–Kier alpha value is -2.75. The fourth-order valence-corrected chi connectivity index (χ4v) is 4.85. The van der Waals surface area contributed by atoms with Gasteiger partial charge in [0.15, 0.2) is 5.82 Å². The molecule has 0 radical (unpaired) electrons. The molecule has 9 heteroatoms. The van der Waals surface area contributed by atoms with Crippen molar-refractivity contribution in [1.29, 1.82) is 0 Å². The average molecular weight is 467 g/mol. The van der Waals surface area contributed by atoms with E-state index in [-0.39, 0.29) is 6.03 Å². The largest absolute Gasteiger partial charge is 0.378 e. The van der Waals surface area contributed by atoms with E-state index in [1.807, 2.05) is 31.2 Å². The molecule has 0 bridgehead atoms. The summed E-state index contributed by atoms with van der Waals surface area (Å²) in [6, 6.07) is 8.35. The van der Waals surface area contributed by atoms with Gasteiger partial charge in [0.1, 0.15) is 5.82 Å². The molecule has 2 N–H and O–H groups in total. The minimum Gasteiger partial charge on any atom is -0.378 e. The second kappa shape index (κ2) is 10.2. The molecule has 1 aromatic heterocycles. The molecule has 0 unspecified atom stereocenters. The molecular formula is C25H34N6O3. The van der Waals surface area contributed by atoms with Crippen LogP contribution < -0.4 is 15.5 Å². The van der Waals surface area contributed by atoms with E-state index in [2.05, 4.69) is 27.4 Å². The van der Waals surface area contributed by atoms with Gasteiger partial charge < -0.3 is 25.0 Å². The third-order valence-electron chi connectivity index (χ3n) is 6.92. The zero-order chi connectivity index (χ0) is 23.5. The number of nitrogens with zero attached hydrogens (tertiary/aromatic N) is 4. The summed E-state index contributed by atoms with van der Waals surface area (Å²) in [4.78, 5) is 26.9. The summed E-state index contributed by atoms with van der Waals surface area (Å²) in [7, 11) is 0. The fraction of sp³-hybridized carbons (Fsp3) is 0.560. The Balaban J connectivity index is 1.48. The molecule has 0 saturated carbocycles. The highest BCUT2D eigenvalue weighted by Crippen LogP contribution is 2.33. The van der Waals surface area contributed by atoms with Crippen LogP contribution in [0.25, 0.3) is 11.4 Å². The monoisotopic (exact) mass is 466 g/mol. The van der Waals surface area contributed by atoms with Crippen LogP contribution in [0, 0.1) is 0 Å². The molecule has 0 aliphatic carbocycles. The van der Waals surface area contributed by atoms with Crippen LogP contribution in [0.3, 0.4) is 0 Å². The van der Waals surface area contributed by atoms with Crippen molar-refractivity contribution in [2.75, 3.05) is 56.3 Å². The Morgan fingerprint density at radius 1 is 1.09 bits per heavy atom. The van der Waals surface area contributed by atoms with Crippen molar-refractivity contribution in [2.45, 2.75) is 45.3 Å².